The molecule has 2 aliphatic rings. The van der Waals surface area contributed by atoms with Crippen LogP contribution in [0, 0.1) is 11.8 Å². The van der Waals surface area contributed by atoms with E-state index in [0.29, 0.717) is 17.7 Å². The van der Waals surface area contributed by atoms with Crippen LogP contribution in [0.4, 0.5) is 5.69 Å². The second-order valence-corrected chi connectivity index (χ2v) is 4.73. The summed E-state index contributed by atoms with van der Waals surface area (Å²) in [4.78, 5) is 4.18. The summed E-state index contributed by atoms with van der Waals surface area (Å²) in [5.41, 5.74) is 6.46. The number of pyridine rings is 1. The first-order chi connectivity index (χ1) is 7.33. The molecule has 80 valence electrons. The van der Waals surface area contributed by atoms with Crippen molar-refractivity contribution >= 4 is 5.69 Å². The van der Waals surface area contributed by atoms with Crippen LogP contribution in [0.25, 0.3) is 0 Å². The second kappa shape index (κ2) is 3.40. The standard InChI is InChI=1S/C12H16N2O/c13-10-2-1-5-14-12(10)15-11-7-8-3-4-9(11)6-8/h1-2,5,8-9,11H,3-4,6-7,13H2. The Bertz CT molecular complexity index is 366. The van der Waals surface area contributed by atoms with E-state index in [9.17, 15) is 0 Å². The fraction of sp³-hybridized carbons (Fsp3) is 0.583. The molecule has 0 radical (unpaired) electrons. The minimum absolute atomic E-state index is 0.362. The van der Waals surface area contributed by atoms with E-state index in [-0.39, 0.29) is 0 Å². The topological polar surface area (TPSA) is 48.1 Å². The predicted molar refractivity (Wildman–Crippen MR) is 58.5 cm³/mol. The normalized spacial score (nSPS) is 33.2. The van der Waals surface area contributed by atoms with Gasteiger partial charge < -0.3 is 10.5 Å². The second-order valence-electron chi connectivity index (χ2n) is 4.73. The molecule has 3 rings (SSSR count). The minimum atomic E-state index is 0.362. The van der Waals surface area contributed by atoms with Crippen molar-refractivity contribution < 1.29 is 4.74 Å². The van der Waals surface area contributed by atoms with E-state index in [1.807, 2.05) is 12.1 Å². The summed E-state index contributed by atoms with van der Waals surface area (Å²) in [6.07, 6.45) is 7.35. The van der Waals surface area contributed by atoms with E-state index in [1.165, 1.54) is 25.7 Å². The molecule has 2 N–H and O–H groups in total. The van der Waals surface area contributed by atoms with Crippen LogP contribution >= 0.6 is 0 Å². The van der Waals surface area contributed by atoms with Gasteiger partial charge in [-0.15, -0.1) is 0 Å². The number of aromatic nitrogens is 1. The van der Waals surface area contributed by atoms with Gasteiger partial charge in [0.15, 0.2) is 0 Å². The van der Waals surface area contributed by atoms with Crippen LogP contribution in [0.5, 0.6) is 5.88 Å². The van der Waals surface area contributed by atoms with Gasteiger partial charge in [0.2, 0.25) is 5.88 Å². The molecular weight excluding hydrogens is 188 g/mol. The van der Waals surface area contributed by atoms with Crippen LogP contribution in [0.3, 0.4) is 0 Å². The highest BCUT2D eigenvalue weighted by Gasteiger charge is 2.41. The van der Waals surface area contributed by atoms with Crippen LogP contribution in [0.15, 0.2) is 18.3 Å². The summed E-state index contributed by atoms with van der Waals surface area (Å²) < 4.78 is 5.90. The van der Waals surface area contributed by atoms with Crippen molar-refractivity contribution in [2.45, 2.75) is 31.8 Å². The third-order valence-electron chi connectivity index (χ3n) is 3.74. The molecule has 1 aromatic rings. The molecule has 0 amide bonds. The van der Waals surface area contributed by atoms with Gasteiger partial charge in [-0.1, -0.05) is 0 Å². The average molecular weight is 204 g/mol. The molecular formula is C12H16N2O. The number of nitrogens with zero attached hydrogens (tertiary/aromatic N) is 1. The van der Waals surface area contributed by atoms with E-state index in [4.69, 9.17) is 10.5 Å². The number of rotatable bonds is 2. The number of hydrogen-bond donors (Lipinski definition) is 1. The van der Waals surface area contributed by atoms with E-state index in [0.717, 1.165) is 11.8 Å². The van der Waals surface area contributed by atoms with Gasteiger partial charge in [0.25, 0.3) is 0 Å². The SMILES string of the molecule is Nc1cccnc1OC1CC2CCC1C2. The van der Waals surface area contributed by atoms with Gasteiger partial charge in [-0.2, -0.15) is 0 Å². The number of nitrogen functional groups attached to an aromatic ring is 1. The molecule has 2 aliphatic carbocycles. The molecule has 0 spiro atoms. The fourth-order valence-corrected chi connectivity index (χ4v) is 2.98. The van der Waals surface area contributed by atoms with Crippen LogP contribution in [-0.4, -0.2) is 11.1 Å². The average Bonchev–Trinajstić information content (AvgIpc) is 2.83. The molecule has 0 aliphatic heterocycles. The summed E-state index contributed by atoms with van der Waals surface area (Å²) in [6.45, 7) is 0. The molecule has 0 aromatic carbocycles. The van der Waals surface area contributed by atoms with Gasteiger partial charge in [0.1, 0.15) is 6.10 Å². The Balaban J connectivity index is 1.73. The third kappa shape index (κ3) is 1.56. The van der Waals surface area contributed by atoms with Crippen LogP contribution in [0.1, 0.15) is 25.7 Å². The number of nitrogens with two attached hydrogens (primary N) is 1. The van der Waals surface area contributed by atoms with Gasteiger partial charge >= 0.3 is 0 Å². The lowest BCUT2D eigenvalue weighted by Crippen LogP contribution is -2.24. The fourth-order valence-electron chi connectivity index (χ4n) is 2.98. The quantitative estimate of drug-likeness (QED) is 0.803. The van der Waals surface area contributed by atoms with E-state index in [2.05, 4.69) is 4.98 Å². The number of fused-ring (bicyclic) bond motifs is 2. The number of ether oxygens (including phenoxy) is 1. The van der Waals surface area contributed by atoms with Crippen LogP contribution < -0.4 is 10.5 Å². The number of anilines is 1. The Morgan fingerprint density at radius 2 is 2.27 bits per heavy atom. The molecule has 3 atom stereocenters. The monoisotopic (exact) mass is 204 g/mol. The predicted octanol–water partition coefficient (Wildman–Crippen LogP) is 2.23. The van der Waals surface area contributed by atoms with Crippen molar-refractivity contribution in [3.05, 3.63) is 18.3 Å². The van der Waals surface area contributed by atoms with E-state index in [1.54, 1.807) is 6.20 Å². The maximum absolute atomic E-state index is 5.90. The van der Waals surface area contributed by atoms with E-state index >= 15 is 0 Å². The number of hydrogen-bond acceptors (Lipinski definition) is 3. The highest BCUT2D eigenvalue weighted by molar-refractivity contribution is 5.47. The third-order valence-corrected chi connectivity index (χ3v) is 3.74. The van der Waals surface area contributed by atoms with Crippen LogP contribution in [0.2, 0.25) is 0 Å². The summed E-state index contributed by atoms with van der Waals surface area (Å²) >= 11 is 0. The minimum Gasteiger partial charge on any atom is -0.473 e. The highest BCUT2D eigenvalue weighted by Crippen LogP contribution is 2.46. The zero-order valence-electron chi connectivity index (χ0n) is 8.73. The zero-order valence-corrected chi connectivity index (χ0v) is 8.73. The summed E-state index contributed by atoms with van der Waals surface area (Å²) in [7, 11) is 0. The Morgan fingerprint density at radius 1 is 1.33 bits per heavy atom. The van der Waals surface area contributed by atoms with Crippen molar-refractivity contribution in [3.63, 3.8) is 0 Å². The molecule has 3 heteroatoms. The molecule has 0 saturated heterocycles. The largest absolute Gasteiger partial charge is 0.473 e. The molecule has 2 saturated carbocycles. The highest BCUT2D eigenvalue weighted by atomic mass is 16.5. The molecule has 15 heavy (non-hydrogen) atoms. The first kappa shape index (κ1) is 9.01. The Labute approximate surface area is 89.6 Å². The van der Waals surface area contributed by atoms with Gasteiger partial charge in [-0.05, 0) is 49.7 Å². The van der Waals surface area contributed by atoms with Crippen LogP contribution in [-0.2, 0) is 0 Å². The smallest absolute Gasteiger partial charge is 0.237 e. The van der Waals surface area contributed by atoms with Gasteiger partial charge in [-0.3, -0.25) is 0 Å². The molecule has 2 bridgehead atoms. The van der Waals surface area contributed by atoms with E-state index < -0.39 is 0 Å². The van der Waals surface area contributed by atoms with Gasteiger partial charge in [0.05, 0.1) is 5.69 Å². The lowest BCUT2D eigenvalue weighted by Gasteiger charge is -2.22. The van der Waals surface area contributed by atoms with Gasteiger partial charge in [0, 0.05) is 6.20 Å². The van der Waals surface area contributed by atoms with Crippen molar-refractivity contribution in [2.24, 2.45) is 11.8 Å². The van der Waals surface area contributed by atoms with Gasteiger partial charge in [-0.25, -0.2) is 4.98 Å². The molecule has 3 unspecified atom stereocenters. The Hall–Kier alpha value is -1.25. The molecule has 3 nitrogen and oxygen atoms in total. The lowest BCUT2D eigenvalue weighted by atomic mass is 9.98. The maximum atomic E-state index is 5.90. The zero-order chi connectivity index (χ0) is 10.3. The van der Waals surface area contributed by atoms with Crippen molar-refractivity contribution in [1.29, 1.82) is 0 Å². The Morgan fingerprint density at radius 3 is 2.93 bits per heavy atom. The summed E-state index contributed by atoms with van der Waals surface area (Å²) in [6, 6.07) is 3.68. The summed E-state index contributed by atoms with van der Waals surface area (Å²) in [5, 5.41) is 0. The first-order valence-corrected chi connectivity index (χ1v) is 5.70. The molecule has 1 aromatic heterocycles. The summed E-state index contributed by atoms with van der Waals surface area (Å²) in [5.74, 6) is 2.26. The maximum Gasteiger partial charge on any atom is 0.237 e. The Kier molecular flexibility index (Phi) is 2.04. The molecule has 1 heterocycles. The van der Waals surface area contributed by atoms with Crippen molar-refractivity contribution in [2.75, 3.05) is 5.73 Å². The lowest BCUT2D eigenvalue weighted by molar-refractivity contribution is 0.133. The first-order valence-electron chi connectivity index (χ1n) is 5.70. The molecule has 2 fully saturated rings. The van der Waals surface area contributed by atoms with Crippen molar-refractivity contribution in [3.8, 4) is 5.88 Å². The van der Waals surface area contributed by atoms with Crippen molar-refractivity contribution in [1.82, 2.24) is 4.98 Å².